The van der Waals surface area contributed by atoms with Crippen molar-refractivity contribution in [2.75, 3.05) is 26.3 Å². The molecular formula is C22H27NO4S. The predicted molar refractivity (Wildman–Crippen MR) is 110 cm³/mol. The van der Waals surface area contributed by atoms with Crippen LogP contribution >= 0.6 is 11.3 Å². The molecule has 2 heterocycles. The zero-order valence-electron chi connectivity index (χ0n) is 16.6. The fraction of sp³-hybridized carbons (Fsp3) is 0.455. The summed E-state index contributed by atoms with van der Waals surface area (Å²) in [6.07, 6.45) is 0.215. The van der Waals surface area contributed by atoms with Gasteiger partial charge in [-0.1, -0.05) is 30.3 Å². The Labute approximate surface area is 169 Å². The van der Waals surface area contributed by atoms with Gasteiger partial charge in [-0.3, -0.25) is 14.5 Å². The molecule has 1 aliphatic rings. The average molecular weight is 402 g/mol. The summed E-state index contributed by atoms with van der Waals surface area (Å²) in [7, 11) is 0. The fourth-order valence-corrected chi connectivity index (χ4v) is 4.67. The molecule has 3 rings (SSSR count). The molecule has 0 aliphatic carbocycles. The summed E-state index contributed by atoms with van der Waals surface area (Å²) < 4.78 is 5.48. The Morgan fingerprint density at radius 2 is 1.82 bits per heavy atom. The Bertz CT molecular complexity index is 834. The molecule has 6 heteroatoms. The topological polar surface area (TPSA) is 66.8 Å². The number of carbonyl (C=O) groups excluding carboxylic acids is 2. The third-order valence-electron chi connectivity index (χ3n) is 5.11. The zero-order chi connectivity index (χ0) is 20.4. The quantitative estimate of drug-likeness (QED) is 0.571. The first-order chi connectivity index (χ1) is 13.2. The normalized spacial score (nSPS) is 17.9. The first kappa shape index (κ1) is 20.9. The van der Waals surface area contributed by atoms with Gasteiger partial charge >= 0.3 is 0 Å². The van der Waals surface area contributed by atoms with Gasteiger partial charge in [0.25, 0.3) is 0 Å². The number of ether oxygens (including phenoxy) is 1. The van der Waals surface area contributed by atoms with Crippen molar-refractivity contribution in [3.63, 3.8) is 0 Å². The van der Waals surface area contributed by atoms with Gasteiger partial charge < -0.3 is 9.84 Å². The first-order valence-corrected chi connectivity index (χ1v) is 10.4. The van der Waals surface area contributed by atoms with Gasteiger partial charge in [-0.05, 0) is 43.3 Å². The van der Waals surface area contributed by atoms with E-state index >= 15 is 0 Å². The molecule has 1 aliphatic heterocycles. The van der Waals surface area contributed by atoms with Gasteiger partial charge in [0.1, 0.15) is 5.60 Å². The monoisotopic (exact) mass is 401 g/mol. The molecule has 5 nitrogen and oxygen atoms in total. The van der Waals surface area contributed by atoms with E-state index in [9.17, 15) is 14.7 Å². The van der Waals surface area contributed by atoms with Crippen molar-refractivity contribution in [1.82, 2.24) is 4.90 Å². The van der Waals surface area contributed by atoms with Gasteiger partial charge in [-0.25, -0.2) is 0 Å². The number of Topliss-reactive ketones (excluding diaryl/α,β-unsaturated/α-hetero) is 2. The maximum atomic E-state index is 13.9. The van der Waals surface area contributed by atoms with E-state index in [2.05, 4.69) is 0 Å². The second kappa shape index (κ2) is 8.25. The average Bonchev–Trinajstić information content (AvgIpc) is 3.12. The molecule has 1 atom stereocenters. The lowest BCUT2D eigenvalue weighted by atomic mass is 9.74. The number of hydrogen-bond acceptors (Lipinski definition) is 6. The van der Waals surface area contributed by atoms with Crippen LogP contribution in [0.2, 0.25) is 0 Å². The Balaban J connectivity index is 2.17. The summed E-state index contributed by atoms with van der Waals surface area (Å²) in [5, 5.41) is 12.6. The number of morpholine rings is 1. The molecule has 0 saturated carbocycles. The summed E-state index contributed by atoms with van der Waals surface area (Å²) >= 11 is 1.35. The minimum Gasteiger partial charge on any atom is -0.383 e. The van der Waals surface area contributed by atoms with Crippen molar-refractivity contribution in [2.24, 2.45) is 0 Å². The minimum atomic E-state index is -1.64. The summed E-state index contributed by atoms with van der Waals surface area (Å²) in [6, 6.07) is 11.4. The minimum absolute atomic E-state index is 0.215. The van der Waals surface area contributed by atoms with Crippen LogP contribution in [0.15, 0.2) is 41.8 Å². The van der Waals surface area contributed by atoms with E-state index < -0.39 is 16.9 Å². The molecule has 1 N–H and O–H groups in total. The number of hydrogen-bond donors (Lipinski definition) is 1. The number of ketones is 2. The maximum absolute atomic E-state index is 13.9. The van der Waals surface area contributed by atoms with Crippen molar-refractivity contribution < 1.29 is 19.4 Å². The van der Waals surface area contributed by atoms with Gasteiger partial charge in [0.05, 0.1) is 18.1 Å². The van der Waals surface area contributed by atoms with Crippen LogP contribution in [-0.2, 0) is 16.0 Å². The summed E-state index contributed by atoms with van der Waals surface area (Å²) in [4.78, 5) is 30.0. The molecule has 1 aromatic heterocycles. The number of rotatable bonds is 7. The Morgan fingerprint density at radius 3 is 2.36 bits per heavy atom. The van der Waals surface area contributed by atoms with Crippen LogP contribution in [0.4, 0.5) is 0 Å². The maximum Gasteiger partial charge on any atom is 0.201 e. The van der Waals surface area contributed by atoms with Crippen LogP contribution in [0.3, 0.4) is 0 Å². The van der Waals surface area contributed by atoms with Crippen LogP contribution < -0.4 is 0 Å². The predicted octanol–water partition coefficient (Wildman–Crippen LogP) is 2.89. The van der Waals surface area contributed by atoms with Crippen LogP contribution in [0.25, 0.3) is 0 Å². The van der Waals surface area contributed by atoms with E-state index in [-0.39, 0.29) is 12.2 Å². The zero-order valence-corrected chi connectivity index (χ0v) is 17.4. The third-order valence-corrected chi connectivity index (χ3v) is 6.16. The molecular weight excluding hydrogens is 374 g/mol. The molecule has 0 spiro atoms. The Hall–Kier alpha value is -1.86. The van der Waals surface area contributed by atoms with Crippen molar-refractivity contribution in [3.05, 3.63) is 57.8 Å². The lowest BCUT2D eigenvalue weighted by Crippen LogP contribution is -2.68. The lowest BCUT2D eigenvalue weighted by Gasteiger charge is -2.45. The van der Waals surface area contributed by atoms with Crippen molar-refractivity contribution >= 4 is 22.9 Å². The second-order valence-electron chi connectivity index (χ2n) is 7.83. The van der Waals surface area contributed by atoms with Gasteiger partial charge in [0, 0.05) is 19.5 Å². The molecule has 150 valence electrons. The highest BCUT2D eigenvalue weighted by Gasteiger charge is 2.55. The van der Waals surface area contributed by atoms with Gasteiger partial charge in [-0.2, -0.15) is 0 Å². The Kier molecular flexibility index (Phi) is 6.15. The van der Waals surface area contributed by atoms with Crippen molar-refractivity contribution in [2.45, 2.75) is 38.3 Å². The van der Waals surface area contributed by atoms with E-state index in [1.165, 1.54) is 25.2 Å². The number of carbonyl (C=O) groups is 2. The summed E-state index contributed by atoms with van der Waals surface area (Å²) in [5.41, 5.74) is -1.25. The van der Waals surface area contributed by atoms with Crippen LogP contribution in [0, 0.1) is 6.92 Å². The number of nitrogens with zero attached hydrogens (tertiary/aromatic N) is 1. The molecule has 0 bridgehead atoms. The van der Waals surface area contributed by atoms with Crippen LogP contribution in [-0.4, -0.2) is 59.0 Å². The molecule has 1 aromatic carbocycles. The van der Waals surface area contributed by atoms with Gasteiger partial charge in [0.2, 0.25) is 5.78 Å². The fourth-order valence-electron chi connectivity index (χ4n) is 3.76. The smallest absolute Gasteiger partial charge is 0.201 e. The van der Waals surface area contributed by atoms with Gasteiger partial charge in [0.15, 0.2) is 11.3 Å². The molecule has 2 aromatic rings. The second-order valence-corrected chi connectivity index (χ2v) is 8.74. The molecule has 1 unspecified atom stereocenters. The van der Waals surface area contributed by atoms with E-state index in [1.54, 1.807) is 0 Å². The number of benzene rings is 1. The molecule has 1 saturated heterocycles. The third kappa shape index (κ3) is 4.10. The number of thiophene rings is 1. The SMILES string of the molecule is Cc1csc(C(=O)C(Cc2ccccc2)(C(=O)C(C)(C)O)N2CCOCC2)c1. The van der Waals surface area contributed by atoms with E-state index in [0.717, 1.165) is 11.1 Å². The summed E-state index contributed by atoms with van der Waals surface area (Å²) in [6.45, 7) is 6.68. The lowest BCUT2D eigenvalue weighted by molar-refractivity contribution is -0.147. The van der Waals surface area contributed by atoms with Crippen LogP contribution in [0.1, 0.15) is 34.6 Å². The molecule has 28 heavy (non-hydrogen) atoms. The first-order valence-electron chi connectivity index (χ1n) is 9.49. The Morgan fingerprint density at radius 1 is 1.18 bits per heavy atom. The highest BCUT2D eigenvalue weighted by atomic mass is 32.1. The standard InChI is InChI=1S/C22H27NO4S/c1-16-13-18(28-15-16)19(24)22(20(25)21(2,3)26,23-9-11-27-12-10-23)14-17-7-5-4-6-8-17/h4-8,13,15,26H,9-12,14H2,1-3H3. The number of aliphatic hydroxyl groups is 1. The van der Waals surface area contributed by atoms with E-state index in [0.29, 0.717) is 31.2 Å². The van der Waals surface area contributed by atoms with Gasteiger partial charge in [-0.15, -0.1) is 11.3 Å². The molecule has 1 fully saturated rings. The van der Waals surface area contributed by atoms with Crippen LogP contribution in [0.5, 0.6) is 0 Å². The molecule has 0 amide bonds. The van der Waals surface area contributed by atoms with Crippen molar-refractivity contribution in [1.29, 1.82) is 0 Å². The van der Waals surface area contributed by atoms with E-state index in [4.69, 9.17) is 4.74 Å². The molecule has 0 radical (unpaired) electrons. The summed E-state index contributed by atoms with van der Waals surface area (Å²) in [5.74, 6) is -0.717. The van der Waals surface area contributed by atoms with Crippen molar-refractivity contribution in [3.8, 4) is 0 Å². The highest BCUT2D eigenvalue weighted by molar-refractivity contribution is 7.12. The highest BCUT2D eigenvalue weighted by Crippen LogP contribution is 2.33. The number of aryl methyl sites for hydroxylation is 1. The largest absolute Gasteiger partial charge is 0.383 e. The van der Waals surface area contributed by atoms with E-state index in [1.807, 2.05) is 53.6 Å².